The number of ether oxygens (including phenoxy) is 1. The van der Waals surface area contributed by atoms with Crippen molar-refractivity contribution in [2.45, 2.75) is 6.92 Å². The van der Waals surface area contributed by atoms with Crippen LogP contribution in [0.2, 0.25) is 0 Å². The van der Waals surface area contributed by atoms with Crippen LogP contribution in [-0.2, 0) is 9.53 Å². The fourth-order valence-corrected chi connectivity index (χ4v) is 4.12. The van der Waals surface area contributed by atoms with Gasteiger partial charge in [-0.2, -0.15) is 0 Å². The smallest absolute Gasteiger partial charge is 0.250 e. The van der Waals surface area contributed by atoms with Gasteiger partial charge in [-0.05, 0) is 31.2 Å². The molecular weight excluding hydrogens is 459 g/mol. The lowest BCUT2D eigenvalue weighted by atomic mass is 10.1. The largest absolute Gasteiger partial charge is 0.378 e. The number of nitrogens with one attached hydrogen (secondary N) is 2. The molecule has 1 amide bonds. The number of pyridine rings is 1. The Kier molecular flexibility index (Phi) is 6.81. The van der Waals surface area contributed by atoms with E-state index >= 15 is 0 Å². The van der Waals surface area contributed by atoms with Crippen LogP contribution in [0.15, 0.2) is 78.9 Å². The molecule has 182 valence electrons. The van der Waals surface area contributed by atoms with E-state index in [9.17, 15) is 9.18 Å². The number of fused-ring (bicyclic) bond motifs is 1. The van der Waals surface area contributed by atoms with Gasteiger partial charge >= 0.3 is 0 Å². The van der Waals surface area contributed by atoms with E-state index in [0.29, 0.717) is 36.1 Å². The molecule has 4 aromatic rings. The van der Waals surface area contributed by atoms with E-state index in [4.69, 9.17) is 9.72 Å². The standard InChI is InChI=1S/C27H25FN6O2/c1-18(28)15-25(35)31-20-9-10-29-23(16-20)21-6-4-5-19-17-30-27(33-26(19)21)32-22-7-2-3-8-24(22)34-11-13-36-14-12-34/h2-10,15-17H,11-14H2,1H3,(H,29,31,35)(H,30,32,33)/b18-15+. The van der Waals surface area contributed by atoms with Crippen LogP contribution in [-0.4, -0.2) is 47.2 Å². The average Bonchev–Trinajstić information content (AvgIpc) is 2.89. The van der Waals surface area contributed by atoms with Gasteiger partial charge in [-0.3, -0.25) is 9.78 Å². The number of hydrogen-bond donors (Lipinski definition) is 2. The van der Waals surface area contributed by atoms with E-state index in [1.807, 2.05) is 36.4 Å². The third-order valence-corrected chi connectivity index (χ3v) is 5.75. The minimum absolute atomic E-state index is 0.462. The summed E-state index contributed by atoms with van der Waals surface area (Å²) in [6, 6.07) is 17.2. The van der Waals surface area contributed by atoms with E-state index in [-0.39, 0.29) is 0 Å². The van der Waals surface area contributed by atoms with Crippen LogP contribution in [0.5, 0.6) is 0 Å². The Morgan fingerprint density at radius 2 is 1.92 bits per heavy atom. The number of carbonyl (C=O) groups is 1. The summed E-state index contributed by atoms with van der Waals surface area (Å²) < 4.78 is 18.6. The molecule has 1 fully saturated rings. The lowest BCUT2D eigenvalue weighted by Crippen LogP contribution is -2.36. The van der Waals surface area contributed by atoms with Gasteiger partial charge < -0.3 is 20.3 Å². The highest BCUT2D eigenvalue weighted by Crippen LogP contribution is 2.31. The van der Waals surface area contributed by atoms with Crippen molar-refractivity contribution in [1.29, 1.82) is 0 Å². The molecule has 0 aliphatic carbocycles. The van der Waals surface area contributed by atoms with Crippen LogP contribution in [0.1, 0.15) is 6.92 Å². The molecule has 0 spiro atoms. The number of halogens is 1. The number of aromatic nitrogens is 3. The van der Waals surface area contributed by atoms with Gasteiger partial charge in [0, 0.05) is 48.2 Å². The Balaban J connectivity index is 1.47. The topological polar surface area (TPSA) is 92.3 Å². The number of rotatable bonds is 6. The van der Waals surface area contributed by atoms with E-state index in [1.165, 1.54) is 6.92 Å². The number of anilines is 4. The number of carbonyl (C=O) groups excluding carboxylic acids is 1. The maximum absolute atomic E-state index is 13.1. The van der Waals surface area contributed by atoms with Crippen molar-refractivity contribution in [3.05, 3.63) is 78.9 Å². The summed E-state index contributed by atoms with van der Waals surface area (Å²) in [5.41, 5.74) is 4.61. The molecule has 0 saturated carbocycles. The van der Waals surface area contributed by atoms with Crippen molar-refractivity contribution in [1.82, 2.24) is 15.0 Å². The predicted molar refractivity (Wildman–Crippen MR) is 139 cm³/mol. The normalized spacial score (nSPS) is 14.1. The van der Waals surface area contributed by atoms with Crippen LogP contribution >= 0.6 is 0 Å². The second kappa shape index (κ2) is 10.5. The molecule has 0 radical (unpaired) electrons. The molecule has 0 bridgehead atoms. The third kappa shape index (κ3) is 5.31. The molecular formula is C27H25FN6O2. The monoisotopic (exact) mass is 484 g/mol. The van der Waals surface area contributed by atoms with E-state index in [0.717, 1.165) is 41.5 Å². The number of hydrogen-bond acceptors (Lipinski definition) is 7. The van der Waals surface area contributed by atoms with Crippen molar-refractivity contribution in [3.63, 3.8) is 0 Å². The minimum Gasteiger partial charge on any atom is -0.378 e. The van der Waals surface area contributed by atoms with Gasteiger partial charge in [-0.15, -0.1) is 0 Å². The van der Waals surface area contributed by atoms with E-state index in [1.54, 1.807) is 24.5 Å². The van der Waals surface area contributed by atoms with Crippen LogP contribution in [0.25, 0.3) is 22.2 Å². The Labute approximate surface area is 207 Å². The summed E-state index contributed by atoms with van der Waals surface area (Å²) in [5, 5.41) is 6.88. The first-order valence-electron chi connectivity index (χ1n) is 11.6. The molecule has 2 aromatic carbocycles. The molecule has 1 aliphatic rings. The summed E-state index contributed by atoms with van der Waals surface area (Å²) in [7, 11) is 0. The Bertz CT molecular complexity index is 1430. The van der Waals surface area contributed by atoms with Crippen molar-refractivity contribution >= 4 is 39.8 Å². The summed E-state index contributed by atoms with van der Waals surface area (Å²) in [4.78, 5) is 28.0. The van der Waals surface area contributed by atoms with Gasteiger partial charge in [-0.25, -0.2) is 14.4 Å². The average molecular weight is 485 g/mol. The van der Waals surface area contributed by atoms with Crippen molar-refractivity contribution in [3.8, 4) is 11.3 Å². The molecule has 2 aromatic heterocycles. The number of morpholine rings is 1. The lowest BCUT2D eigenvalue weighted by Gasteiger charge is -2.30. The Morgan fingerprint density at radius 1 is 1.08 bits per heavy atom. The number of nitrogens with zero attached hydrogens (tertiary/aromatic N) is 4. The van der Waals surface area contributed by atoms with Crippen molar-refractivity contribution in [2.75, 3.05) is 41.8 Å². The second-order valence-corrected chi connectivity index (χ2v) is 8.33. The molecule has 3 heterocycles. The summed E-state index contributed by atoms with van der Waals surface area (Å²) in [5.74, 6) is -0.649. The van der Waals surface area contributed by atoms with Crippen LogP contribution in [0.3, 0.4) is 0 Å². The molecule has 36 heavy (non-hydrogen) atoms. The van der Waals surface area contributed by atoms with Gasteiger partial charge in [-0.1, -0.05) is 30.3 Å². The zero-order valence-electron chi connectivity index (χ0n) is 19.7. The van der Waals surface area contributed by atoms with E-state index in [2.05, 4.69) is 31.6 Å². The fourth-order valence-electron chi connectivity index (χ4n) is 4.12. The minimum atomic E-state index is -0.567. The quantitative estimate of drug-likeness (QED) is 0.369. The first kappa shape index (κ1) is 23.4. The summed E-state index contributed by atoms with van der Waals surface area (Å²) in [6.45, 7) is 4.25. The van der Waals surface area contributed by atoms with Crippen LogP contribution < -0.4 is 15.5 Å². The lowest BCUT2D eigenvalue weighted by molar-refractivity contribution is -0.112. The van der Waals surface area contributed by atoms with Gasteiger partial charge in [0.1, 0.15) is 5.83 Å². The molecule has 5 rings (SSSR count). The highest BCUT2D eigenvalue weighted by atomic mass is 19.1. The zero-order valence-corrected chi connectivity index (χ0v) is 19.7. The fraction of sp³-hybridized carbons (Fsp3) is 0.185. The Hall–Kier alpha value is -4.37. The number of para-hydroxylation sites is 3. The molecule has 1 aliphatic heterocycles. The number of allylic oxidation sites excluding steroid dienone is 1. The predicted octanol–water partition coefficient (Wildman–Crippen LogP) is 5.08. The maximum atomic E-state index is 13.1. The van der Waals surface area contributed by atoms with Crippen molar-refractivity contribution < 1.29 is 13.9 Å². The number of benzene rings is 2. The molecule has 1 saturated heterocycles. The van der Waals surface area contributed by atoms with Crippen LogP contribution in [0, 0.1) is 0 Å². The third-order valence-electron chi connectivity index (χ3n) is 5.75. The first-order chi connectivity index (χ1) is 17.6. The van der Waals surface area contributed by atoms with Gasteiger partial charge in [0.25, 0.3) is 5.91 Å². The van der Waals surface area contributed by atoms with Crippen molar-refractivity contribution in [2.24, 2.45) is 0 Å². The van der Waals surface area contributed by atoms with Crippen LogP contribution in [0.4, 0.5) is 27.4 Å². The van der Waals surface area contributed by atoms with Gasteiger partial charge in [0.15, 0.2) is 0 Å². The first-order valence-corrected chi connectivity index (χ1v) is 11.6. The highest BCUT2D eigenvalue weighted by Gasteiger charge is 2.16. The maximum Gasteiger partial charge on any atom is 0.250 e. The summed E-state index contributed by atoms with van der Waals surface area (Å²) >= 11 is 0. The highest BCUT2D eigenvalue weighted by molar-refractivity contribution is 6.00. The molecule has 9 heteroatoms. The zero-order chi connectivity index (χ0) is 24.9. The Morgan fingerprint density at radius 3 is 2.75 bits per heavy atom. The molecule has 8 nitrogen and oxygen atoms in total. The second-order valence-electron chi connectivity index (χ2n) is 8.33. The number of amides is 1. The SMILES string of the molecule is C/C(F)=C\C(=O)Nc1ccnc(-c2cccc3cnc(Nc4ccccc4N4CCOCC4)nc23)c1. The summed E-state index contributed by atoms with van der Waals surface area (Å²) in [6.07, 6.45) is 4.26. The van der Waals surface area contributed by atoms with Gasteiger partial charge in [0.2, 0.25) is 5.95 Å². The molecule has 0 unspecified atom stereocenters. The van der Waals surface area contributed by atoms with Gasteiger partial charge in [0.05, 0.1) is 35.8 Å². The molecule has 2 N–H and O–H groups in total. The van der Waals surface area contributed by atoms with E-state index < -0.39 is 11.7 Å². The molecule has 0 atom stereocenters.